The smallest absolute Gasteiger partial charge is 0.00266 e. The van der Waals surface area contributed by atoms with E-state index < -0.39 is 0 Å². The summed E-state index contributed by atoms with van der Waals surface area (Å²) in [6.07, 6.45) is 0. The Kier molecular flexibility index (Phi) is 8.61. The highest BCUT2D eigenvalue weighted by Gasteiger charge is 2.19. The van der Waals surface area contributed by atoms with Crippen LogP contribution in [0.4, 0.5) is 0 Å². The maximum absolute atomic E-state index is 2.36. The molecule has 0 N–H and O–H groups in total. The Labute approximate surface area is 361 Å². The zero-order valence-corrected chi connectivity index (χ0v) is 34.1. The fourth-order valence-corrected chi connectivity index (χ4v) is 9.83. The van der Waals surface area contributed by atoms with Crippen molar-refractivity contribution in [1.82, 2.24) is 0 Å². The van der Waals surface area contributed by atoms with Crippen LogP contribution in [0.5, 0.6) is 0 Å². The van der Waals surface area contributed by atoms with Gasteiger partial charge in [-0.05, 0) is 145 Å². The summed E-state index contributed by atoms with van der Waals surface area (Å²) < 4.78 is 0. The minimum atomic E-state index is 1.21. The summed E-state index contributed by atoms with van der Waals surface area (Å²) in [5.41, 5.74) is 14.8. The van der Waals surface area contributed by atoms with Crippen molar-refractivity contribution in [2.75, 3.05) is 0 Å². The Morgan fingerprint density at radius 1 is 0.161 bits per heavy atom. The number of benzene rings is 12. The van der Waals surface area contributed by atoms with Crippen molar-refractivity contribution >= 4 is 53.9 Å². The second-order valence-corrected chi connectivity index (χ2v) is 16.4. The topological polar surface area (TPSA) is 0 Å². The lowest BCUT2D eigenvalue weighted by Gasteiger charge is -2.20. The van der Waals surface area contributed by atoms with Crippen LogP contribution in [0, 0.1) is 0 Å². The first-order valence-corrected chi connectivity index (χ1v) is 21.5. The molecule has 0 heteroatoms. The summed E-state index contributed by atoms with van der Waals surface area (Å²) in [4.78, 5) is 0. The maximum Gasteiger partial charge on any atom is -0.00266 e. The van der Waals surface area contributed by atoms with Gasteiger partial charge in [0.2, 0.25) is 0 Å². The van der Waals surface area contributed by atoms with Gasteiger partial charge in [-0.3, -0.25) is 0 Å². The molecule has 0 bridgehead atoms. The van der Waals surface area contributed by atoms with E-state index in [0.717, 1.165) is 0 Å². The van der Waals surface area contributed by atoms with Gasteiger partial charge in [-0.25, -0.2) is 0 Å². The summed E-state index contributed by atoms with van der Waals surface area (Å²) in [5, 5.41) is 12.5. The van der Waals surface area contributed by atoms with Crippen molar-refractivity contribution in [3.05, 3.63) is 243 Å². The lowest BCUT2D eigenvalue weighted by molar-refractivity contribution is 1.60. The van der Waals surface area contributed by atoms with E-state index in [1.807, 2.05) is 0 Å². The summed E-state index contributed by atoms with van der Waals surface area (Å²) in [6, 6.07) is 89.4. The van der Waals surface area contributed by atoms with Crippen LogP contribution in [0.25, 0.3) is 121 Å². The van der Waals surface area contributed by atoms with Crippen molar-refractivity contribution < 1.29 is 0 Å². The van der Waals surface area contributed by atoms with E-state index in [4.69, 9.17) is 0 Å². The minimum Gasteiger partial charge on any atom is -0.0622 e. The molecule has 288 valence electrons. The second kappa shape index (κ2) is 14.9. The minimum absolute atomic E-state index is 1.21. The van der Waals surface area contributed by atoms with Crippen molar-refractivity contribution in [1.29, 1.82) is 0 Å². The molecule has 0 aliphatic rings. The third-order valence-electron chi connectivity index (χ3n) is 12.8. The monoisotopic (exact) mass is 784 g/mol. The number of rotatable bonds is 6. The molecule has 0 aliphatic heterocycles. The molecule has 0 atom stereocenters. The Bertz CT molecular complexity index is 3420. The van der Waals surface area contributed by atoms with E-state index in [9.17, 15) is 0 Å². The van der Waals surface area contributed by atoms with Crippen LogP contribution >= 0.6 is 0 Å². The Balaban J connectivity index is 1.00. The fourth-order valence-electron chi connectivity index (χ4n) is 9.83. The lowest BCUT2D eigenvalue weighted by Crippen LogP contribution is -1.93. The molecule has 62 heavy (non-hydrogen) atoms. The quantitative estimate of drug-likeness (QED) is 0.158. The molecule has 12 aromatic rings. The van der Waals surface area contributed by atoms with Crippen LogP contribution < -0.4 is 0 Å². The second-order valence-electron chi connectivity index (χ2n) is 16.4. The molecular weight excluding hydrogens is 745 g/mol. The molecule has 0 aromatic heterocycles. The molecule has 0 nitrogen and oxygen atoms in total. The average molecular weight is 785 g/mol. The maximum atomic E-state index is 2.36. The van der Waals surface area contributed by atoms with E-state index >= 15 is 0 Å². The van der Waals surface area contributed by atoms with Crippen LogP contribution in [0.1, 0.15) is 0 Å². The molecule has 12 rings (SSSR count). The van der Waals surface area contributed by atoms with Crippen LogP contribution in [0.3, 0.4) is 0 Å². The summed E-state index contributed by atoms with van der Waals surface area (Å²) in [6.45, 7) is 0. The molecule has 12 aromatic carbocycles. The first-order valence-electron chi connectivity index (χ1n) is 21.5. The predicted octanol–water partition coefficient (Wildman–Crippen LogP) is 17.5. The molecule has 0 saturated carbocycles. The van der Waals surface area contributed by atoms with Crippen molar-refractivity contribution in [2.24, 2.45) is 0 Å². The Morgan fingerprint density at radius 2 is 0.500 bits per heavy atom. The molecule has 0 heterocycles. The molecule has 0 aliphatic carbocycles. The summed E-state index contributed by atoms with van der Waals surface area (Å²) in [7, 11) is 0. The lowest BCUT2D eigenvalue weighted by atomic mass is 9.83. The highest BCUT2D eigenvalue weighted by molar-refractivity contribution is 6.13. The third-order valence-corrected chi connectivity index (χ3v) is 12.8. The first-order chi connectivity index (χ1) is 30.7. The van der Waals surface area contributed by atoms with Crippen molar-refractivity contribution in [3.63, 3.8) is 0 Å². The van der Waals surface area contributed by atoms with Gasteiger partial charge >= 0.3 is 0 Å². The van der Waals surface area contributed by atoms with Gasteiger partial charge in [0, 0.05) is 0 Å². The van der Waals surface area contributed by atoms with Gasteiger partial charge in [0.1, 0.15) is 0 Å². The van der Waals surface area contributed by atoms with E-state index in [-0.39, 0.29) is 0 Å². The van der Waals surface area contributed by atoms with Crippen LogP contribution in [0.15, 0.2) is 243 Å². The first kappa shape index (κ1) is 35.8. The van der Waals surface area contributed by atoms with Crippen LogP contribution in [-0.2, 0) is 0 Å². The van der Waals surface area contributed by atoms with E-state index in [1.165, 1.54) is 121 Å². The van der Waals surface area contributed by atoms with E-state index in [1.54, 1.807) is 0 Å². The van der Waals surface area contributed by atoms with Crippen LogP contribution in [0.2, 0.25) is 0 Å². The Morgan fingerprint density at radius 3 is 0.903 bits per heavy atom. The molecule has 0 spiro atoms. The molecule has 0 unspecified atom stereocenters. The van der Waals surface area contributed by atoms with Crippen molar-refractivity contribution in [2.45, 2.75) is 0 Å². The molecule has 0 amide bonds. The summed E-state index contributed by atoms with van der Waals surface area (Å²) >= 11 is 0. The fraction of sp³-hybridized carbons (Fsp3) is 0. The number of hydrogen-bond donors (Lipinski definition) is 0. The largest absolute Gasteiger partial charge is 0.0622 e. The normalized spacial score (nSPS) is 11.5. The molecule has 0 radical (unpaired) electrons. The van der Waals surface area contributed by atoms with Gasteiger partial charge in [-0.1, -0.05) is 218 Å². The van der Waals surface area contributed by atoms with Gasteiger partial charge in [-0.15, -0.1) is 0 Å². The third kappa shape index (κ3) is 6.16. The van der Waals surface area contributed by atoms with Gasteiger partial charge in [0.05, 0.1) is 0 Å². The van der Waals surface area contributed by atoms with E-state index in [2.05, 4.69) is 243 Å². The van der Waals surface area contributed by atoms with E-state index in [0.29, 0.717) is 0 Å². The van der Waals surface area contributed by atoms with Crippen molar-refractivity contribution in [3.8, 4) is 66.8 Å². The van der Waals surface area contributed by atoms with Gasteiger partial charge < -0.3 is 0 Å². The average Bonchev–Trinajstić information content (AvgIpc) is 3.35. The summed E-state index contributed by atoms with van der Waals surface area (Å²) in [5.74, 6) is 0. The highest BCUT2D eigenvalue weighted by atomic mass is 14.2. The predicted molar refractivity (Wildman–Crippen MR) is 267 cm³/mol. The standard InChI is InChI=1S/C62H40/c1-3-15-43(16-4-1)61-57(51-31-27-45-37-49(29-25-47(45)39-51)55-23-11-19-41-13-7-9-21-53(41)55)33-36-60-59(61)35-34-58(62(60)44-17-5-2-6-18-44)52-32-28-46-38-50(30-26-48(46)40-52)56-24-12-20-42-14-8-10-22-54(42)56/h1-40H. The zero-order chi connectivity index (χ0) is 41.0. The van der Waals surface area contributed by atoms with Gasteiger partial charge in [0.25, 0.3) is 0 Å². The molecular formula is C62H40. The Hall–Kier alpha value is -8.06. The van der Waals surface area contributed by atoms with Gasteiger partial charge in [-0.2, -0.15) is 0 Å². The van der Waals surface area contributed by atoms with Crippen LogP contribution in [-0.4, -0.2) is 0 Å². The van der Waals surface area contributed by atoms with Gasteiger partial charge in [0.15, 0.2) is 0 Å². The highest BCUT2D eigenvalue weighted by Crippen LogP contribution is 2.46. The molecule has 0 saturated heterocycles. The zero-order valence-electron chi connectivity index (χ0n) is 34.1. The number of hydrogen-bond acceptors (Lipinski definition) is 0. The number of fused-ring (bicyclic) bond motifs is 5. The molecule has 0 fully saturated rings. The SMILES string of the molecule is c1ccc(-c2c(-c3ccc4cc(-c5cccc6ccccc56)ccc4c3)ccc3c(-c4ccccc4)c(-c4ccc5cc(-c6cccc7ccccc67)ccc5c4)ccc23)cc1.